The lowest BCUT2D eigenvalue weighted by atomic mass is 9.96. The standard InChI is InChI=1S/C21H31N3O3/c1-22-21(24-19-12-18-5-6-20(19)27-18)23-13-15-3-2-4-16(11-15)14-26-17-7-9-25-10-8-17/h2-4,11,17-20H,5-10,12-14H2,1H3,(H2,22,23,24). The van der Waals surface area contributed by atoms with Crippen LogP contribution in [0.3, 0.4) is 0 Å². The first kappa shape index (κ1) is 18.7. The van der Waals surface area contributed by atoms with Crippen LogP contribution in [0.4, 0.5) is 0 Å². The lowest BCUT2D eigenvalue weighted by Crippen LogP contribution is -2.47. The molecule has 3 aliphatic heterocycles. The summed E-state index contributed by atoms with van der Waals surface area (Å²) in [5.41, 5.74) is 2.44. The van der Waals surface area contributed by atoms with Gasteiger partial charge in [-0.15, -0.1) is 0 Å². The Kier molecular flexibility index (Phi) is 6.27. The van der Waals surface area contributed by atoms with Crippen LogP contribution in [0.25, 0.3) is 0 Å². The van der Waals surface area contributed by atoms with Crippen molar-refractivity contribution in [1.82, 2.24) is 10.6 Å². The molecule has 3 saturated heterocycles. The van der Waals surface area contributed by atoms with E-state index in [1.165, 1.54) is 17.5 Å². The monoisotopic (exact) mass is 373 g/mol. The Bertz CT molecular complexity index is 645. The molecule has 0 saturated carbocycles. The van der Waals surface area contributed by atoms with Gasteiger partial charge in [0.25, 0.3) is 0 Å². The topological polar surface area (TPSA) is 64.1 Å². The summed E-state index contributed by atoms with van der Waals surface area (Å²) in [7, 11) is 1.82. The fourth-order valence-electron chi connectivity index (χ4n) is 4.23. The SMILES string of the molecule is CN=C(NCc1cccc(COC2CCOCC2)c1)NC1CC2CCC1O2. The molecule has 6 nitrogen and oxygen atoms in total. The number of benzene rings is 1. The van der Waals surface area contributed by atoms with E-state index >= 15 is 0 Å². The minimum Gasteiger partial charge on any atom is -0.381 e. The van der Waals surface area contributed by atoms with E-state index < -0.39 is 0 Å². The highest BCUT2D eigenvalue weighted by Gasteiger charge is 2.41. The van der Waals surface area contributed by atoms with Crippen LogP contribution in [0.2, 0.25) is 0 Å². The first-order valence-corrected chi connectivity index (χ1v) is 10.2. The molecular formula is C21H31N3O3. The molecular weight excluding hydrogens is 342 g/mol. The molecule has 3 atom stereocenters. The van der Waals surface area contributed by atoms with Gasteiger partial charge in [0.1, 0.15) is 0 Å². The first-order valence-electron chi connectivity index (χ1n) is 10.2. The van der Waals surface area contributed by atoms with Crippen molar-refractivity contribution in [3.05, 3.63) is 35.4 Å². The van der Waals surface area contributed by atoms with Gasteiger partial charge in [0, 0.05) is 26.8 Å². The lowest BCUT2D eigenvalue weighted by molar-refractivity contribution is -0.0390. The van der Waals surface area contributed by atoms with E-state index in [2.05, 4.69) is 39.9 Å². The minimum absolute atomic E-state index is 0.326. The Hall–Kier alpha value is -1.63. The van der Waals surface area contributed by atoms with Crippen LogP contribution in [0.15, 0.2) is 29.3 Å². The Morgan fingerprint density at radius 2 is 2.04 bits per heavy atom. The van der Waals surface area contributed by atoms with Gasteiger partial charge in [-0.25, -0.2) is 0 Å². The Balaban J connectivity index is 1.24. The second kappa shape index (κ2) is 9.04. The maximum Gasteiger partial charge on any atom is 0.191 e. The minimum atomic E-state index is 0.326. The Labute approximate surface area is 161 Å². The van der Waals surface area contributed by atoms with E-state index in [0.717, 1.165) is 51.4 Å². The molecule has 2 bridgehead atoms. The van der Waals surface area contributed by atoms with E-state index in [0.29, 0.717) is 31.0 Å². The number of ether oxygens (including phenoxy) is 3. The number of aliphatic imine (C=N–C) groups is 1. The number of hydrogen-bond acceptors (Lipinski definition) is 4. The largest absolute Gasteiger partial charge is 0.381 e. The number of rotatable bonds is 6. The van der Waals surface area contributed by atoms with Crippen LogP contribution >= 0.6 is 0 Å². The highest BCUT2D eigenvalue weighted by atomic mass is 16.5. The third kappa shape index (κ3) is 5.00. The molecule has 6 heteroatoms. The zero-order valence-corrected chi connectivity index (χ0v) is 16.2. The summed E-state index contributed by atoms with van der Waals surface area (Å²) in [6, 6.07) is 8.95. The van der Waals surface area contributed by atoms with Crippen molar-refractivity contribution in [1.29, 1.82) is 0 Å². The van der Waals surface area contributed by atoms with Crippen LogP contribution < -0.4 is 10.6 Å². The molecule has 1 aromatic carbocycles. The van der Waals surface area contributed by atoms with Gasteiger partial charge < -0.3 is 24.8 Å². The molecule has 1 aromatic rings. The van der Waals surface area contributed by atoms with Gasteiger partial charge in [0.05, 0.1) is 31.0 Å². The van der Waals surface area contributed by atoms with Crippen molar-refractivity contribution in [3.63, 3.8) is 0 Å². The van der Waals surface area contributed by atoms with E-state index in [1.807, 2.05) is 7.05 Å². The van der Waals surface area contributed by atoms with Crippen LogP contribution in [0.1, 0.15) is 43.2 Å². The predicted octanol–water partition coefficient (Wildman–Crippen LogP) is 2.37. The fourth-order valence-corrected chi connectivity index (χ4v) is 4.23. The number of guanidine groups is 1. The van der Waals surface area contributed by atoms with Gasteiger partial charge in [0.2, 0.25) is 0 Å². The van der Waals surface area contributed by atoms with E-state index in [1.54, 1.807) is 0 Å². The van der Waals surface area contributed by atoms with Crippen molar-refractivity contribution in [3.8, 4) is 0 Å². The van der Waals surface area contributed by atoms with Crippen LogP contribution in [0, 0.1) is 0 Å². The van der Waals surface area contributed by atoms with Crippen molar-refractivity contribution in [2.24, 2.45) is 4.99 Å². The third-order valence-electron chi connectivity index (χ3n) is 5.76. The summed E-state index contributed by atoms with van der Waals surface area (Å²) in [4.78, 5) is 4.37. The van der Waals surface area contributed by atoms with Crippen molar-refractivity contribution in [2.75, 3.05) is 20.3 Å². The summed E-state index contributed by atoms with van der Waals surface area (Å²) in [5.74, 6) is 0.847. The molecule has 0 amide bonds. The molecule has 2 N–H and O–H groups in total. The molecule has 3 aliphatic rings. The van der Waals surface area contributed by atoms with E-state index in [9.17, 15) is 0 Å². The van der Waals surface area contributed by atoms with Crippen LogP contribution in [0.5, 0.6) is 0 Å². The molecule has 0 radical (unpaired) electrons. The summed E-state index contributed by atoms with van der Waals surface area (Å²) in [5, 5.41) is 6.96. The maximum atomic E-state index is 6.04. The molecule has 0 aromatic heterocycles. The number of nitrogens with zero attached hydrogens (tertiary/aromatic N) is 1. The molecule has 4 rings (SSSR count). The average molecular weight is 373 g/mol. The van der Waals surface area contributed by atoms with Gasteiger partial charge in [0.15, 0.2) is 5.96 Å². The van der Waals surface area contributed by atoms with Crippen molar-refractivity contribution in [2.45, 2.75) is 69.6 Å². The van der Waals surface area contributed by atoms with Gasteiger partial charge in [-0.2, -0.15) is 0 Å². The molecule has 0 aliphatic carbocycles. The second-order valence-corrected chi connectivity index (χ2v) is 7.73. The van der Waals surface area contributed by atoms with Crippen molar-refractivity contribution < 1.29 is 14.2 Å². The Morgan fingerprint density at radius 3 is 2.78 bits per heavy atom. The highest BCUT2D eigenvalue weighted by Crippen LogP contribution is 2.34. The number of hydrogen-bond donors (Lipinski definition) is 2. The number of fused-ring (bicyclic) bond motifs is 2. The second-order valence-electron chi connectivity index (χ2n) is 7.73. The van der Waals surface area contributed by atoms with Crippen molar-refractivity contribution >= 4 is 5.96 Å². The molecule has 0 spiro atoms. The molecule has 148 valence electrons. The zero-order valence-electron chi connectivity index (χ0n) is 16.2. The quantitative estimate of drug-likeness (QED) is 0.592. The van der Waals surface area contributed by atoms with Gasteiger partial charge in [-0.1, -0.05) is 24.3 Å². The lowest BCUT2D eigenvalue weighted by Gasteiger charge is -2.23. The predicted molar refractivity (Wildman–Crippen MR) is 105 cm³/mol. The summed E-state index contributed by atoms with van der Waals surface area (Å²) in [6.45, 7) is 3.03. The molecule has 27 heavy (non-hydrogen) atoms. The Morgan fingerprint density at radius 1 is 1.19 bits per heavy atom. The zero-order chi connectivity index (χ0) is 18.5. The van der Waals surface area contributed by atoms with Gasteiger partial charge in [-0.3, -0.25) is 4.99 Å². The highest BCUT2D eigenvalue weighted by molar-refractivity contribution is 5.80. The first-order chi connectivity index (χ1) is 13.3. The molecule has 3 unspecified atom stereocenters. The van der Waals surface area contributed by atoms with Gasteiger partial charge >= 0.3 is 0 Å². The molecule has 3 fully saturated rings. The fraction of sp³-hybridized carbons (Fsp3) is 0.667. The average Bonchev–Trinajstić information content (AvgIpc) is 3.34. The van der Waals surface area contributed by atoms with Crippen LogP contribution in [-0.4, -0.2) is 50.6 Å². The maximum absolute atomic E-state index is 6.04. The van der Waals surface area contributed by atoms with Crippen LogP contribution in [-0.2, 0) is 27.4 Å². The smallest absolute Gasteiger partial charge is 0.191 e. The van der Waals surface area contributed by atoms with E-state index in [-0.39, 0.29) is 0 Å². The van der Waals surface area contributed by atoms with E-state index in [4.69, 9.17) is 14.2 Å². The molecule has 3 heterocycles. The summed E-state index contributed by atoms with van der Waals surface area (Å²) in [6.07, 6.45) is 6.56. The third-order valence-corrected chi connectivity index (χ3v) is 5.76. The summed E-state index contributed by atoms with van der Waals surface area (Å²) < 4.78 is 17.3. The number of nitrogens with one attached hydrogen (secondary N) is 2. The van der Waals surface area contributed by atoms with Gasteiger partial charge in [-0.05, 0) is 43.2 Å². The normalized spacial score (nSPS) is 28.5. The summed E-state index contributed by atoms with van der Waals surface area (Å²) >= 11 is 0.